The Morgan fingerprint density at radius 2 is 1.41 bits per heavy atom. The van der Waals surface area contributed by atoms with E-state index in [-0.39, 0.29) is 5.78 Å². The van der Waals surface area contributed by atoms with Crippen molar-refractivity contribution in [1.82, 2.24) is 4.57 Å². The van der Waals surface area contributed by atoms with Crippen LogP contribution in [0.5, 0.6) is 0 Å². The van der Waals surface area contributed by atoms with E-state index in [0.29, 0.717) is 0 Å². The first-order valence-electron chi connectivity index (χ1n) is 7.32. The third-order valence-corrected chi connectivity index (χ3v) is 4.21. The van der Waals surface area contributed by atoms with Crippen molar-refractivity contribution in [1.29, 1.82) is 0 Å². The van der Waals surface area contributed by atoms with E-state index in [0.717, 1.165) is 22.0 Å². The number of aryl methyl sites for hydroxylation is 1. The number of hydrogen-bond acceptors (Lipinski definition) is 1. The predicted octanol–water partition coefficient (Wildman–Crippen LogP) is 4.56. The number of carbonyl (C=O) groups is 1. The van der Waals surface area contributed by atoms with Crippen LogP contribution in [0.1, 0.15) is 15.9 Å². The largest absolute Gasteiger partial charge is 0.344 e. The Morgan fingerprint density at radius 3 is 2.23 bits per heavy atom. The number of aromatic nitrogens is 1. The number of rotatable bonds is 2. The number of ketones is 1. The van der Waals surface area contributed by atoms with Gasteiger partial charge in [-0.25, -0.2) is 0 Å². The number of benzene rings is 3. The molecule has 0 bridgehead atoms. The van der Waals surface area contributed by atoms with E-state index >= 15 is 0 Å². The standard InChI is InChI=1S/C20H15NO/c1-21-18-10-6-5-9-16(18)17-13-15(11-12-19(17)21)20(22)14-7-3-2-4-8-14/h2-13H,1H3. The first-order valence-corrected chi connectivity index (χ1v) is 7.32. The van der Waals surface area contributed by atoms with E-state index in [2.05, 4.69) is 23.7 Å². The molecule has 22 heavy (non-hydrogen) atoms. The van der Waals surface area contributed by atoms with Crippen LogP contribution < -0.4 is 0 Å². The van der Waals surface area contributed by atoms with Gasteiger partial charge in [0.25, 0.3) is 0 Å². The average molecular weight is 285 g/mol. The molecule has 0 aliphatic carbocycles. The smallest absolute Gasteiger partial charge is 0.193 e. The third kappa shape index (κ3) is 1.85. The summed E-state index contributed by atoms with van der Waals surface area (Å²) in [5.41, 5.74) is 3.78. The molecule has 0 aliphatic heterocycles. The van der Waals surface area contributed by atoms with Crippen molar-refractivity contribution < 1.29 is 4.79 Å². The number of fused-ring (bicyclic) bond motifs is 3. The van der Waals surface area contributed by atoms with Crippen LogP contribution in [0.15, 0.2) is 72.8 Å². The maximum atomic E-state index is 12.6. The summed E-state index contributed by atoms with van der Waals surface area (Å²) in [4.78, 5) is 12.6. The fraction of sp³-hybridized carbons (Fsp3) is 0.0500. The zero-order valence-electron chi connectivity index (χ0n) is 12.3. The summed E-state index contributed by atoms with van der Waals surface area (Å²) in [5, 5.41) is 2.31. The summed E-state index contributed by atoms with van der Waals surface area (Å²) >= 11 is 0. The Labute approximate surface area is 128 Å². The molecule has 1 heterocycles. The van der Waals surface area contributed by atoms with Gasteiger partial charge in [-0.2, -0.15) is 0 Å². The lowest BCUT2D eigenvalue weighted by Gasteiger charge is -2.02. The van der Waals surface area contributed by atoms with Gasteiger partial charge in [0.1, 0.15) is 0 Å². The Kier molecular flexibility index (Phi) is 2.83. The molecule has 2 heteroatoms. The van der Waals surface area contributed by atoms with Crippen LogP contribution in [0.25, 0.3) is 21.8 Å². The molecule has 0 unspecified atom stereocenters. The summed E-state index contributed by atoms with van der Waals surface area (Å²) in [7, 11) is 2.06. The van der Waals surface area contributed by atoms with Gasteiger partial charge in [0.05, 0.1) is 0 Å². The first-order chi connectivity index (χ1) is 10.8. The summed E-state index contributed by atoms with van der Waals surface area (Å²) in [5.74, 6) is 0.0652. The van der Waals surface area contributed by atoms with Gasteiger partial charge >= 0.3 is 0 Å². The van der Waals surface area contributed by atoms with Crippen molar-refractivity contribution in [2.75, 3.05) is 0 Å². The van der Waals surface area contributed by atoms with Gasteiger partial charge in [0.15, 0.2) is 5.78 Å². The number of para-hydroxylation sites is 1. The zero-order chi connectivity index (χ0) is 15.1. The van der Waals surface area contributed by atoms with Crippen LogP contribution in [0.2, 0.25) is 0 Å². The van der Waals surface area contributed by atoms with E-state index in [1.54, 1.807) is 0 Å². The summed E-state index contributed by atoms with van der Waals surface area (Å²) < 4.78 is 2.17. The monoisotopic (exact) mass is 285 g/mol. The van der Waals surface area contributed by atoms with Crippen LogP contribution in [0.3, 0.4) is 0 Å². The molecule has 4 rings (SSSR count). The summed E-state index contributed by atoms with van der Waals surface area (Å²) in [6.45, 7) is 0. The van der Waals surface area contributed by atoms with E-state index in [1.807, 2.05) is 60.7 Å². The molecule has 1 aromatic heterocycles. The maximum absolute atomic E-state index is 12.6. The fourth-order valence-electron chi connectivity index (χ4n) is 3.07. The molecule has 0 aliphatic rings. The molecule has 0 fully saturated rings. The lowest BCUT2D eigenvalue weighted by molar-refractivity contribution is 0.103. The highest BCUT2D eigenvalue weighted by atomic mass is 16.1. The topological polar surface area (TPSA) is 22.0 Å². The van der Waals surface area contributed by atoms with E-state index in [9.17, 15) is 4.79 Å². The van der Waals surface area contributed by atoms with Crippen molar-refractivity contribution >= 4 is 27.6 Å². The Hall–Kier alpha value is -2.87. The normalized spacial score (nSPS) is 11.1. The number of carbonyl (C=O) groups excluding carboxylic acids is 1. The minimum Gasteiger partial charge on any atom is -0.344 e. The summed E-state index contributed by atoms with van der Waals surface area (Å²) in [6.07, 6.45) is 0. The van der Waals surface area contributed by atoms with Crippen LogP contribution in [-0.4, -0.2) is 10.4 Å². The quantitative estimate of drug-likeness (QED) is 0.495. The first kappa shape index (κ1) is 12.8. The molecule has 0 N–H and O–H groups in total. The highest BCUT2D eigenvalue weighted by Gasteiger charge is 2.12. The molecule has 0 atom stereocenters. The molecular weight excluding hydrogens is 270 g/mol. The fourth-order valence-corrected chi connectivity index (χ4v) is 3.07. The Morgan fingerprint density at radius 1 is 0.727 bits per heavy atom. The second-order valence-electron chi connectivity index (χ2n) is 5.50. The number of nitrogens with zero attached hydrogens (tertiary/aromatic N) is 1. The highest BCUT2D eigenvalue weighted by molar-refractivity contribution is 6.14. The lowest BCUT2D eigenvalue weighted by Crippen LogP contribution is -2.00. The maximum Gasteiger partial charge on any atom is 0.193 e. The van der Waals surface area contributed by atoms with Gasteiger partial charge in [-0.15, -0.1) is 0 Å². The molecule has 106 valence electrons. The Balaban J connectivity index is 1.94. The third-order valence-electron chi connectivity index (χ3n) is 4.21. The van der Waals surface area contributed by atoms with Crippen molar-refractivity contribution in [3.8, 4) is 0 Å². The van der Waals surface area contributed by atoms with Gasteiger partial charge in [-0.3, -0.25) is 4.79 Å². The van der Waals surface area contributed by atoms with Crippen LogP contribution in [0.4, 0.5) is 0 Å². The molecular formula is C20H15NO. The second kappa shape index (κ2) is 4.85. The highest BCUT2D eigenvalue weighted by Crippen LogP contribution is 2.29. The molecule has 0 radical (unpaired) electrons. The van der Waals surface area contributed by atoms with Gasteiger partial charge < -0.3 is 4.57 Å². The molecule has 3 aromatic carbocycles. The van der Waals surface area contributed by atoms with Crippen LogP contribution in [0, 0.1) is 0 Å². The van der Waals surface area contributed by atoms with E-state index < -0.39 is 0 Å². The molecule has 2 nitrogen and oxygen atoms in total. The molecule has 0 amide bonds. The Bertz CT molecular complexity index is 996. The van der Waals surface area contributed by atoms with Crippen LogP contribution in [-0.2, 0) is 7.05 Å². The average Bonchev–Trinajstić information content (AvgIpc) is 2.88. The lowest BCUT2D eigenvalue weighted by atomic mass is 10.0. The molecule has 4 aromatic rings. The van der Waals surface area contributed by atoms with E-state index in [4.69, 9.17) is 0 Å². The van der Waals surface area contributed by atoms with Crippen molar-refractivity contribution in [2.24, 2.45) is 7.05 Å². The predicted molar refractivity (Wildman–Crippen MR) is 90.3 cm³/mol. The van der Waals surface area contributed by atoms with Crippen LogP contribution >= 0.6 is 0 Å². The van der Waals surface area contributed by atoms with Gasteiger partial charge in [0, 0.05) is 40.0 Å². The zero-order valence-corrected chi connectivity index (χ0v) is 12.3. The van der Waals surface area contributed by atoms with Gasteiger partial charge in [-0.1, -0.05) is 48.5 Å². The van der Waals surface area contributed by atoms with Crippen molar-refractivity contribution in [2.45, 2.75) is 0 Å². The van der Waals surface area contributed by atoms with Crippen molar-refractivity contribution in [3.63, 3.8) is 0 Å². The van der Waals surface area contributed by atoms with E-state index in [1.165, 1.54) is 10.9 Å². The minimum atomic E-state index is 0.0652. The molecule has 0 saturated heterocycles. The van der Waals surface area contributed by atoms with Gasteiger partial charge in [-0.05, 0) is 24.3 Å². The van der Waals surface area contributed by atoms with Gasteiger partial charge in [0.2, 0.25) is 0 Å². The van der Waals surface area contributed by atoms with Crippen molar-refractivity contribution in [3.05, 3.63) is 83.9 Å². The molecule has 0 saturated carbocycles. The summed E-state index contributed by atoms with van der Waals surface area (Å²) in [6, 6.07) is 23.7. The molecule has 0 spiro atoms. The SMILES string of the molecule is Cn1c2ccccc2c2cc(C(=O)c3ccccc3)ccc21. The minimum absolute atomic E-state index is 0.0652. The second-order valence-corrected chi connectivity index (χ2v) is 5.50. The number of hydrogen-bond donors (Lipinski definition) is 0.